The zero-order valence-electron chi connectivity index (χ0n) is 11.3. The minimum atomic E-state index is -0.964. The highest BCUT2D eigenvalue weighted by molar-refractivity contribution is 5.70. The molecule has 0 aliphatic rings. The highest BCUT2D eigenvalue weighted by Crippen LogP contribution is 2.32. The third-order valence-electron chi connectivity index (χ3n) is 2.92. The highest BCUT2D eigenvalue weighted by Gasteiger charge is 2.36. The Morgan fingerprint density at radius 3 is 2.11 bits per heavy atom. The van der Waals surface area contributed by atoms with Crippen molar-refractivity contribution in [3.8, 4) is 0 Å². The molecule has 0 heterocycles. The van der Waals surface area contributed by atoms with Gasteiger partial charge in [-0.1, -0.05) is 30.3 Å². The van der Waals surface area contributed by atoms with Gasteiger partial charge in [0, 0.05) is 5.54 Å². The van der Waals surface area contributed by atoms with Crippen LogP contribution in [0, 0.1) is 5.92 Å². The zero-order valence-corrected chi connectivity index (χ0v) is 11.3. The van der Waals surface area contributed by atoms with Gasteiger partial charge < -0.3 is 5.11 Å². The van der Waals surface area contributed by atoms with Crippen LogP contribution in [-0.4, -0.2) is 21.7 Å². The maximum atomic E-state index is 12.4. The first kappa shape index (κ1) is 14.7. The smallest absolute Gasteiger partial charge is 0.308 e. The first-order chi connectivity index (χ1) is 8.25. The van der Waals surface area contributed by atoms with E-state index in [1.165, 1.54) is 0 Å². The molecule has 0 spiro atoms. The van der Waals surface area contributed by atoms with E-state index in [0.29, 0.717) is 0 Å². The first-order valence-electron chi connectivity index (χ1n) is 5.99. The molecule has 1 aromatic rings. The summed E-state index contributed by atoms with van der Waals surface area (Å²) in [4.78, 5) is 11.2. The number of hydroxylamine groups is 2. The number of aliphatic carboxylic acids is 1. The van der Waals surface area contributed by atoms with Crippen LogP contribution in [0.5, 0.6) is 0 Å². The number of hydrogen-bond donors (Lipinski definition) is 1. The molecule has 0 saturated heterocycles. The molecule has 1 rings (SSSR count). The van der Waals surface area contributed by atoms with Crippen LogP contribution in [0.4, 0.5) is 0 Å². The fourth-order valence-corrected chi connectivity index (χ4v) is 1.83. The predicted octanol–water partition coefficient (Wildman–Crippen LogP) is 2.89. The van der Waals surface area contributed by atoms with Gasteiger partial charge in [-0.2, -0.15) is 0 Å². The number of carboxylic acid groups (broad SMARTS) is 1. The molecule has 18 heavy (non-hydrogen) atoms. The molecule has 0 saturated carbocycles. The van der Waals surface area contributed by atoms with E-state index in [9.17, 15) is 10.0 Å². The first-order valence-corrected chi connectivity index (χ1v) is 5.99. The summed E-state index contributed by atoms with van der Waals surface area (Å²) in [7, 11) is 0. The molecule has 99 valence electrons. The molecule has 2 unspecified atom stereocenters. The van der Waals surface area contributed by atoms with Crippen molar-refractivity contribution in [3.63, 3.8) is 0 Å². The Morgan fingerprint density at radius 1 is 1.22 bits per heavy atom. The van der Waals surface area contributed by atoms with E-state index in [0.717, 1.165) is 10.6 Å². The average Bonchev–Trinajstić information content (AvgIpc) is 2.29. The summed E-state index contributed by atoms with van der Waals surface area (Å²) in [5.41, 5.74) is 0.0989. The van der Waals surface area contributed by atoms with Crippen LogP contribution in [0.25, 0.3) is 0 Å². The summed E-state index contributed by atoms with van der Waals surface area (Å²) in [5, 5.41) is 22.4. The number of benzene rings is 1. The van der Waals surface area contributed by atoms with Gasteiger partial charge in [0.15, 0.2) is 0 Å². The Bertz CT molecular complexity index is 397. The van der Waals surface area contributed by atoms with Crippen molar-refractivity contribution in [2.45, 2.75) is 39.3 Å². The van der Waals surface area contributed by atoms with Gasteiger partial charge in [-0.3, -0.25) is 4.79 Å². The molecule has 0 aromatic heterocycles. The van der Waals surface area contributed by atoms with Gasteiger partial charge >= 0.3 is 5.97 Å². The third kappa shape index (κ3) is 3.31. The molecule has 1 aromatic carbocycles. The molecule has 1 radical (unpaired) electrons. The SMILES string of the molecule is CC(C(=O)O)C(c1ccccc1)N([O])C(C)(C)C. The lowest BCUT2D eigenvalue weighted by Crippen LogP contribution is -2.44. The maximum absolute atomic E-state index is 12.4. The lowest BCUT2D eigenvalue weighted by Gasteiger charge is -2.36. The van der Waals surface area contributed by atoms with Crippen molar-refractivity contribution < 1.29 is 15.1 Å². The van der Waals surface area contributed by atoms with Crippen molar-refractivity contribution >= 4 is 5.97 Å². The highest BCUT2D eigenvalue weighted by atomic mass is 16.5. The second kappa shape index (κ2) is 5.50. The molecule has 0 fully saturated rings. The topological polar surface area (TPSA) is 60.4 Å². The van der Waals surface area contributed by atoms with E-state index in [1.807, 2.05) is 18.2 Å². The van der Waals surface area contributed by atoms with E-state index >= 15 is 0 Å². The van der Waals surface area contributed by atoms with Crippen molar-refractivity contribution in [3.05, 3.63) is 35.9 Å². The van der Waals surface area contributed by atoms with Gasteiger partial charge in [-0.25, -0.2) is 0 Å². The Kier molecular flexibility index (Phi) is 4.48. The van der Waals surface area contributed by atoms with Crippen LogP contribution >= 0.6 is 0 Å². The van der Waals surface area contributed by atoms with Crippen LogP contribution in [-0.2, 0) is 10.0 Å². The van der Waals surface area contributed by atoms with Gasteiger partial charge in [0.1, 0.15) is 0 Å². The second-order valence-corrected chi connectivity index (χ2v) is 5.48. The normalized spacial score (nSPS) is 15.4. The maximum Gasteiger partial charge on any atom is 0.308 e. The van der Waals surface area contributed by atoms with Crippen molar-refractivity contribution in [2.75, 3.05) is 0 Å². The number of hydrogen-bond acceptors (Lipinski definition) is 2. The molecular formula is C14H20NO3. The fourth-order valence-electron chi connectivity index (χ4n) is 1.83. The van der Waals surface area contributed by atoms with Gasteiger partial charge in [-0.15, -0.1) is 10.3 Å². The molecule has 0 aliphatic heterocycles. The molecule has 0 bridgehead atoms. The monoisotopic (exact) mass is 250 g/mol. The van der Waals surface area contributed by atoms with Crippen LogP contribution < -0.4 is 0 Å². The molecule has 0 aliphatic carbocycles. The van der Waals surface area contributed by atoms with Crippen LogP contribution in [0.1, 0.15) is 39.3 Å². The van der Waals surface area contributed by atoms with Crippen LogP contribution in [0.2, 0.25) is 0 Å². The minimum absolute atomic E-state index is 0.635. The van der Waals surface area contributed by atoms with E-state index < -0.39 is 23.5 Å². The summed E-state index contributed by atoms with van der Waals surface area (Å²) in [6.07, 6.45) is 0. The summed E-state index contributed by atoms with van der Waals surface area (Å²) in [5.74, 6) is -1.72. The van der Waals surface area contributed by atoms with E-state index in [4.69, 9.17) is 5.11 Å². The third-order valence-corrected chi connectivity index (χ3v) is 2.92. The van der Waals surface area contributed by atoms with Crippen LogP contribution in [0.15, 0.2) is 30.3 Å². The Labute approximate surface area is 108 Å². The summed E-state index contributed by atoms with van der Waals surface area (Å²) < 4.78 is 0. The zero-order chi connectivity index (χ0) is 13.9. The lowest BCUT2D eigenvalue weighted by atomic mass is 9.91. The summed E-state index contributed by atoms with van der Waals surface area (Å²) in [6, 6.07) is 8.38. The Balaban J connectivity index is 3.15. The minimum Gasteiger partial charge on any atom is -0.481 e. The van der Waals surface area contributed by atoms with E-state index in [1.54, 1.807) is 39.8 Å². The lowest BCUT2D eigenvalue weighted by molar-refractivity contribution is -0.251. The number of carboxylic acids is 1. The summed E-state index contributed by atoms with van der Waals surface area (Å²) >= 11 is 0. The predicted molar refractivity (Wildman–Crippen MR) is 68.3 cm³/mol. The Hall–Kier alpha value is -1.39. The van der Waals surface area contributed by atoms with Gasteiger partial charge in [0.2, 0.25) is 0 Å². The number of rotatable bonds is 4. The van der Waals surface area contributed by atoms with Gasteiger partial charge in [-0.05, 0) is 33.3 Å². The largest absolute Gasteiger partial charge is 0.481 e. The van der Waals surface area contributed by atoms with E-state index in [-0.39, 0.29) is 0 Å². The fraction of sp³-hybridized carbons (Fsp3) is 0.500. The Morgan fingerprint density at radius 2 is 1.72 bits per heavy atom. The molecule has 4 nitrogen and oxygen atoms in total. The second-order valence-electron chi connectivity index (χ2n) is 5.48. The molecule has 4 heteroatoms. The van der Waals surface area contributed by atoms with Crippen LogP contribution in [0.3, 0.4) is 0 Å². The van der Waals surface area contributed by atoms with Crippen molar-refractivity contribution in [1.29, 1.82) is 0 Å². The molecule has 1 N–H and O–H groups in total. The van der Waals surface area contributed by atoms with E-state index in [2.05, 4.69) is 0 Å². The van der Waals surface area contributed by atoms with Crippen molar-refractivity contribution in [2.24, 2.45) is 5.92 Å². The summed E-state index contributed by atoms with van der Waals surface area (Å²) in [6.45, 7) is 6.91. The number of nitrogens with zero attached hydrogens (tertiary/aromatic N) is 1. The quantitative estimate of drug-likeness (QED) is 0.836. The molecular weight excluding hydrogens is 230 g/mol. The molecule has 0 amide bonds. The van der Waals surface area contributed by atoms with Gasteiger partial charge in [0.25, 0.3) is 0 Å². The standard InChI is InChI=1S/C14H20NO3/c1-10(13(16)17)12(15(18)14(2,3)4)11-8-6-5-7-9-11/h5-10,12H,1-4H3,(H,16,17). The molecule has 2 atom stereocenters. The average molecular weight is 250 g/mol. The van der Waals surface area contributed by atoms with Gasteiger partial charge in [0.05, 0.1) is 12.0 Å². The van der Waals surface area contributed by atoms with Crippen molar-refractivity contribution in [1.82, 2.24) is 5.06 Å². The number of carbonyl (C=O) groups is 1.